The van der Waals surface area contributed by atoms with Crippen LogP contribution in [0, 0.1) is 11.3 Å². The van der Waals surface area contributed by atoms with E-state index >= 15 is 0 Å². The van der Waals surface area contributed by atoms with Gasteiger partial charge < -0.3 is 20.3 Å². The molecule has 1 atom stereocenters. The SMILES string of the molecule is CC(C)[C@@H](N)C(=O)N1CCC2(CCN(C(=O)OC(C)(C)C)CC2)C1. The lowest BCUT2D eigenvalue weighted by atomic mass is 9.78. The molecule has 2 aliphatic rings. The molecule has 2 amide bonds. The van der Waals surface area contributed by atoms with Crippen LogP contribution in [-0.2, 0) is 9.53 Å². The van der Waals surface area contributed by atoms with Crippen molar-refractivity contribution in [1.29, 1.82) is 0 Å². The molecule has 2 fully saturated rings. The molecule has 0 aliphatic carbocycles. The van der Waals surface area contributed by atoms with Gasteiger partial charge in [-0.3, -0.25) is 4.79 Å². The van der Waals surface area contributed by atoms with Crippen LogP contribution in [0.3, 0.4) is 0 Å². The number of carbonyl (C=O) groups is 2. The first-order valence-corrected chi connectivity index (χ1v) is 9.05. The minimum Gasteiger partial charge on any atom is -0.444 e. The number of nitrogens with zero attached hydrogens (tertiary/aromatic N) is 2. The van der Waals surface area contributed by atoms with Gasteiger partial charge in [0.05, 0.1) is 6.04 Å². The average Bonchev–Trinajstić information content (AvgIpc) is 2.88. The summed E-state index contributed by atoms with van der Waals surface area (Å²) in [4.78, 5) is 28.4. The highest BCUT2D eigenvalue weighted by Gasteiger charge is 2.44. The predicted molar refractivity (Wildman–Crippen MR) is 93.5 cm³/mol. The van der Waals surface area contributed by atoms with Gasteiger partial charge >= 0.3 is 6.09 Å². The Kier molecular flexibility index (Phi) is 5.47. The van der Waals surface area contributed by atoms with E-state index in [1.807, 2.05) is 39.5 Å². The number of likely N-dealkylation sites (tertiary alicyclic amines) is 2. The van der Waals surface area contributed by atoms with Crippen LogP contribution in [0.25, 0.3) is 0 Å². The molecule has 2 rings (SSSR count). The van der Waals surface area contributed by atoms with E-state index in [1.165, 1.54) is 0 Å². The number of piperidine rings is 1. The van der Waals surface area contributed by atoms with E-state index in [0.717, 1.165) is 32.4 Å². The van der Waals surface area contributed by atoms with Gasteiger partial charge in [-0.25, -0.2) is 4.79 Å². The Hall–Kier alpha value is -1.30. The van der Waals surface area contributed by atoms with E-state index in [4.69, 9.17) is 10.5 Å². The molecular formula is C18H33N3O3. The van der Waals surface area contributed by atoms with Gasteiger partial charge in [0, 0.05) is 26.2 Å². The zero-order valence-corrected chi connectivity index (χ0v) is 15.8. The number of carbonyl (C=O) groups excluding carboxylic acids is 2. The van der Waals surface area contributed by atoms with Crippen LogP contribution in [-0.4, -0.2) is 59.6 Å². The number of hydrogen-bond acceptors (Lipinski definition) is 4. The van der Waals surface area contributed by atoms with E-state index in [0.29, 0.717) is 13.1 Å². The number of hydrogen-bond donors (Lipinski definition) is 1. The highest BCUT2D eigenvalue weighted by molar-refractivity contribution is 5.82. The summed E-state index contributed by atoms with van der Waals surface area (Å²) in [6.07, 6.45) is 2.62. The molecule has 0 unspecified atom stereocenters. The standard InChI is InChI=1S/C18H33N3O3/c1-13(2)14(19)15(22)21-11-8-18(12-21)6-9-20(10-7-18)16(23)24-17(3,4)5/h13-14H,6-12,19H2,1-5H3/t14-/m1/s1. The highest BCUT2D eigenvalue weighted by Crippen LogP contribution is 2.40. The number of nitrogens with two attached hydrogens (primary N) is 1. The van der Waals surface area contributed by atoms with Crippen LogP contribution in [0.5, 0.6) is 0 Å². The van der Waals surface area contributed by atoms with Crippen molar-refractivity contribution in [3.63, 3.8) is 0 Å². The molecule has 2 saturated heterocycles. The van der Waals surface area contributed by atoms with Gasteiger partial charge in [0.25, 0.3) is 0 Å². The van der Waals surface area contributed by atoms with Gasteiger partial charge in [-0.15, -0.1) is 0 Å². The molecule has 0 aromatic carbocycles. The maximum Gasteiger partial charge on any atom is 0.410 e. The zero-order valence-electron chi connectivity index (χ0n) is 15.8. The molecule has 6 nitrogen and oxygen atoms in total. The molecule has 0 aromatic heterocycles. The summed E-state index contributed by atoms with van der Waals surface area (Å²) in [5.41, 5.74) is 5.70. The zero-order chi connectivity index (χ0) is 18.1. The summed E-state index contributed by atoms with van der Waals surface area (Å²) >= 11 is 0. The minimum absolute atomic E-state index is 0.0662. The Bertz CT molecular complexity index is 476. The molecule has 1 spiro atoms. The van der Waals surface area contributed by atoms with Crippen LogP contribution in [0.4, 0.5) is 4.79 Å². The second-order valence-electron chi connectivity index (χ2n) is 8.75. The van der Waals surface area contributed by atoms with Crippen molar-refractivity contribution in [3.05, 3.63) is 0 Å². The molecule has 24 heavy (non-hydrogen) atoms. The van der Waals surface area contributed by atoms with Crippen molar-refractivity contribution in [2.24, 2.45) is 17.1 Å². The fraction of sp³-hybridized carbons (Fsp3) is 0.889. The van der Waals surface area contributed by atoms with Crippen molar-refractivity contribution in [2.75, 3.05) is 26.2 Å². The van der Waals surface area contributed by atoms with Crippen molar-refractivity contribution in [2.45, 2.75) is 65.5 Å². The second-order valence-corrected chi connectivity index (χ2v) is 8.75. The van der Waals surface area contributed by atoms with Gasteiger partial charge in [-0.05, 0) is 51.4 Å². The third kappa shape index (κ3) is 4.41. The molecule has 2 heterocycles. The van der Waals surface area contributed by atoms with Gasteiger partial charge in [-0.1, -0.05) is 13.8 Å². The first kappa shape index (κ1) is 19.0. The van der Waals surface area contributed by atoms with E-state index in [9.17, 15) is 9.59 Å². The third-order valence-corrected chi connectivity index (χ3v) is 5.23. The topological polar surface area (TPSA) is 75.9 Å². The Morgan fingerprint density at radius 3 is 2.00 bits per heavy atom. The van der Waals surface area contributed by atoms with Crippen LogP contribution in [0.1, 0.15) is 53.9 Å². The van der Waals surface area contributed by atoms with Crippen molar-refractivity contribution < 1.29 is 14.3 Å². The van der Waals surface area contributed by atoms with E-state index < -0.39 is 11.6 Å². The summed E-state index contributed by atoms with van der Waals surface area (Å²) in [6, 6.07) is -0.415. The van der Waals surface area contributed by atoms with Crippen LogP contribution >= 0.6 is 0 Å². The van der Waals surface area contributed by atoms with Crippen LogP contribution in [0.2, 0.25) is 0 Å². The Morgan fingerprint density at radius 1 is 1.04 bits per heavy atom. The summed E-state index contributed by atoms with van der Waals surface area (Å²) < 4.78 is 5.45. The average molecular weight is 339 g/mol. The number of amides is 2. The van der Waals surface area contributed by atoms with E-state index in [-0.39, 0.29) is 23.3 Å². The Labute approximate surface area is 145 Å². The largest absolute Gasteiger partial charge is 0.444 e. The quantitative estimate of drug-likeness (QED) is 0.837. The normalized spacial score (nSPS) is 22.1. The van der Waals surface area contributed by atoms with Crippen LogP contribution in [0.15, 0.2) is 0 Å². The number of rotatable bonds is 2. The lowest BCUT2D eigenvalue weighted by molar-refractivity contribution is -0.133. The number of ether oxygens (including phenoxy) is 1. The maximum atomic E-state index is 12.5. The monoisotopic (exact) mass is 339 g/mol. The summed E-state index contributed by atoms with van der Waals surface area (Å²) in [5, 5.41) is 0. The maximum absolute atomic E-state index is 12.5. The first-order valence-electron chi connectivity index (χ1n) is 9.05. The second kappa shape index (κ2) is 6.90. The van der Waals surface area contributed by atoms with E-state index in [1.54, 1.807) is 4.90 Å². The predicted octanol–water partition coefficient (Wildman–Crippen LogP) is 2.22. The molecule has 2 N–H and O–H groups in total. The van der Waals surface area contributed by atoms with Crippen molar-refractivity contribution >= 4 is 12.0 Å². The van der Waals surface area contributed by atoms with E-state index in [2.05, 4.69) is 0 Å². The fourth-order valence-electron chi connectivity index (χ4n) is 3.52. The lowest BCUT2D eigenvalue weighted by Crippen LogP contribution is -2.48. The summed E-state index contributed by atoms with van der Waals surface area (Å²) in [5.74, 6) is 0.222. The first-order chi connectivity index (χ1) is 11.0. The Morgan fingerprint density at radius 2 is 1.54 bits per heavy atom. The van der Waals surface area contributed by atoms with Gasteiger partial charge in [-0.2, -0.15) is 0 Å². The molecule has 0 aromatic rings. The van der Waals surface area contributed by atoms with Crippen molar-refractivity contribution in [1.82, 2.24) is 9.80 Å². The van der Waals surface area contributed by atoms with Crippen LogP contribution < -0.4 is 5.73 Å². The Balaban J connectivity index is 1.88. The molecule has 138 valence electrons. The molecule has 0 saturated carbocycles. The summed E-state index contributed by atoms with van der Waals surface area (Å²) in [7, 11) is 0. The lowest BCUT2D eigenvalue weighted by Gasteiger charge is -2.39. The molecule has 0 bridgehead atoms. The fourth-order valence-corrected chi connectivity index (χ4v) is 3.52. The van der Waals surface area contributed by atoms with Gasteiger partial charge in [0.1, 0.15) is 5.60 Å². The highest BCUT2D eigenvalue weighted by atomic mass is 16.6. The van der Waals surface area contributed by atoms with Crippen molar-refractivity contribution in [3.8, 4) is 0 Å². The molecular weight excluding hydrogens is 306 g/mol. The van der Waals surface area contributed by atoms with Gasteiger partial charge in [0.15, 0.2) is 0 Å². The molecule has 0 radical (unpaired) electrons. The molecule has 6 heteroatoms. The molecule has 2 aliphatic heterocycles. The summed E-state index contributed by atoms with van der Waals surface area (Å²) in [6.45, 7) is 12.6. The third-order valence-electron chi connectivity index (χ3n) is 5.23. The smallest absolute Gasteiger partial charge is 0.410 e. The van der Waals surface area contributed by atoms with Gasteiger partial charge in [0.2, 0.25) is 5.91 Å². The minimum atomic E-state index is -0.463.